The number of benzene rings is 2. The number of hydrogen-bond acceptors (Lipinski definition) is 6. The summed E-state index contributed by atoms with van der Waals surface area (Å²) in [6.45, 7) is 10.9. The number of methoxy groups -OCH3 is 3. The monoisotopic (exact) mass is 428 g/mol. The SMILES string of the molecule is CCN(CC)CCOc1cc2c(cc1OC)CCNC2c1cc(OC)c(OC)cc1C. The highest BCUT2D eigenvalue weighted by atomic mass is 16.5. The van der Waals surface area contributed by atoms with Crippen molar-refractivity contribution in [3.8, 4) is 23.0 Å². The van der Waals surface area contributed by atoms with E-state index in [1.165, 1.54) is 16.7 Å². The molecule has 0 radical (unpaired) electrons. The van der Waals surface area contributed by atoms with E-state index in [1.54, 1.807) is 21.3 Å². The van der Waals surface area contributed by atoms with Gasteiger partial charge in [0.1, 0.15) is 6.61 Å². The van der Waals surface area contributed by atoms with Crippen LogP contribution >= 0.6 is 0 Å². The standard InChI is InChI=1S/C25H36N2O4/c1-7-27(8-2)11-12-31-24-16-20-18(14-22(24)29-5)9-10-26-25(20)19-15-23(30-6)21(28-4)13-17(19)3/h13-16,25-26H,7-12H2,1-6H3. The molecule has 1 unspecified atom stereocenters. The van der Waals surface area contributed by atoms with Crippen molar-refractivity contribution < 1.29 is 18.9 Å². The zero-order valence-corrected chi connectivity index (χ0v) is 19.7. The van der Waals surface area contributed by atoms with Gasteiger partial charge >= 0.3 is 0 Å². The van der Waals surface area contributed by atoms with E-state index in [-0.39, 0.29) is 6.04 Å². The lowest BCUT2D eigenvalue weighted by Gasteiger charge is -2.30. The smallest absolute Gasteiger partial charge is 0.161 e. The summed E-state index contributed by atoms with van der Waals surface area (Å²) >= 11 is 0. The normalized spacial score (nSPS) is 15.5. The van der Waals surface area contributed by atoms with Gasteiger partial charge in [0.05, 0.1) is 27.4 Å². The third-order valence-corrected chi connectivity index (χ3v) is 6.12. The van der Waals surface area contributed by atoms with Crippen LogP contribution in [0.25, 0.3) is 0 Å². The summed E-state index contributed by atoms with van der Waals surface area (Å²) in [6.07, 6.45) is 0.953. The van der Waals surface area contributed by atoms with Gasteiger partial charge in [-0.15, -0.1) is 0 Å². The first-order chi connectivity index (χ1) is 15.1. The molecular formula is C25H36N2O4. The van der Waals surface area contributed by atoms with E-state index in [0.717, 1.165) is 61.2 Å². The molecule has 170 valence electrons. The number of rotatable bonds is 10. The lowest BCUT2D eigenvalue weighted by atomic mass is 9.87. The maximum atomic E-state index is 6.18. The van der Waals surface area contributed by atoms with Crippen LogP contribution in [0.3, 0.4) is 0 Å². The molecule has 0 aromatic heterocycles. The Morgan fingerprint density at radius 3 is 2.13 bits per heavy atom. The average molecular weight is 429 g/mol. The van der Waals surface area contributed by atoms with Crippen LogP contribution in [0.2, 0.25) is 0 Å². The molecule has 2 aromatic carbocycles. The second-order valence-corrected chi connectivity index (χ2v) is 7.78. The molecule has 0 fully saturated rings. The number of hydrogen-bond donors (Lipinski definition) is 1. The molecule has 3 rings (SSSR count). The zero-order valence-electron chi connectivity index (χ0n) is 19.7. The first kappa shape index (κ1) is 23.2. The fraction of sp³-hybridized carbons (Fsp3) is 0.520. The summed E-state index contributed by atoms with van der Waals surface area (Å²) in [4.78, 5) is 2.35. The highest BCUT2D eigenvalue weighted by molar-refractivity contribution is 5.55. The van der Waals surface area contributed by atoms with Gasteiger partial charge in [-0.2, -0.15) is 0 Å². The Balaban J connectivity index is 1.95. The number of aryl methyl sites for hydroxylation is 1. The Morgan fingerprint density at radius 1 is 0.871 bits per heavy atom. The van der Waals surface area contributed by atoms with E-state index < -0.39 is 0 Å². The highest BCUT2D eigenvalue weighted by Gasteiger charge is 2.26. The van der Waals surface area contributed by atoms with Crippen molar-refractivity contribution in [3.05, 3.63) is 46.5 Å². The average Bonchev–Trinajstić information content (AvgIpc) is 2.80. The number of ether oxygens (including phenoxy) is 4. The molecule has 0 aliphatic carbocycles. The van der Waals surface area contributed by atoms with Gasteiger partial charge in [0, 0.05) is 13.1 Å². The van der Waals surface area contributed by atoms with Crippen LogP contribution in [0, 0.1) is 6.92 Å². The number of likely N-dealkylation sites (N-methyl/N-ethyl adjacent to an activating group) is 1. The second kappa shape index (κ2) is 10.7. The van der Waals surface area contributed by atoms with E-state index in [9.17, 15) is 0 Å². The number of fused-ring (bicyclic) bond motifs is 1. The van der Waals surface area contributed by atoms with E-state index in [0.29, 0.717) is 6.61 Å². The number of nitrogens with zero attached hydrogens (tertiary/aromatic N) is 1. The summed E-state index contributed by atoms with van der Waals surface area (Å²) in [5, 5.41) is 3.68. The van der Waals surface area contributed by atoms with Crippen LogP contribution in [0.1, 0.15) is 42.1 Å². The van der Waals surface area contributed by atoms with Crippen molar-refractivity contribution in [2.24, 2.45) is 0 Å². The van der Waals surface area contributed by atoms with Crippen molar-refractivity contribution >= 4 is 0 Å². The van der Waals surface area contributed by atoms with Crippen molar-refractivity contribution in [1.29, 1.82) is 0 Å². The molecule has 6 nitrogen and oxygen atoms in total. The molecular weight excluding hydrogens is 392 g/mol. The van der Waals surface area contributed by atoms with Crippen LogP contribution in [-0.4, -0.2) is 59.0 Å². The zero-order chi connectivity index (χ0) is 22.4. The summed E-state index contributed by atoms with van der Waals surface area (Å²) in [7, 11) is 5.04. The van der Waals surface area contributed by atoms with Gasteiger partial charge in [0.15, 0.2) is 23.0 Å². The van der Waals surface area contributed by atoms with E-state index in [4.69, 9.17) is 18.9 Å². The van der Waals surface area contributed by atoms with Gasteiger partial charge in [0.25, 0.3) is 0 Å². The van der Waals surface area contributed by atoms with Crippen LogP contribution in [0.15, 0.2) is 24.3 Å². The lowest BCUT2D eigenvalue weighted by molar-refractivity contribution is 0.217. The van der Waals surface area contributed by atoms with Gasteiger partial charge in [-0.05, 0) is 73.0 Å². The first-order valence-electron chi connectivity index (χ1n) is 11.1. The molecule has 0 spiro atoms. The minimum atomic E-state index is 0.0552. The molecule has 0 bridgehead atoms. The van der Waals surface area contributed by atoms with Crippen molar-refractivity contribution in [2.75, 3.05) is 54.1 Å². The topological polar surface area (TPSA) is 52.2 Å². The van der Waals surface area contributed by atoms with Crippen molar-refractivity contribution in [3.63, 3.8) is 0 Å². The van der Waals surface area contributed by atoms with Gasteiger partial charge in [-0.25, -0.2) is 0 Å². The maximum Gasteiger partial charge on any atom is 0.161 e. The molecule has 0 amide bonds. The Kier molecular flexibility index (Phi) is 8.04. The largest absolute Gasteiger partial charge is 0.493 e. The van der Waals surface area contributed by atoms with E-state index in [2.05, 4.69) is 49.2 Å². The fourth-order valence-corrected chi connectivity index (χ4v) is 4.25. The van der Waals surface area contributed by atoms with Crippen LogP contribution in [0.4, 0.5) is 0 Å². The van der Waals surface area contributed by atoms with Gasteiger partial charge in [0.2, 0.25) is 0 Å². The van der Waals surface area contributed by atoms with E-state index >= 15 is 0 Å². The van der Waals surface area contributed by atoms with Crippen LogP contribution in [0.5, 0.6) is 23.0 Å². The highest BCUT2D eigenvalue weighted by Crippen LogP contribution is 2.40. The summed E-state index contributed by atoms with van der Waals surface area (Å²) < 4.78 is 22.9. The molecule has 1 aliphatic heterocycles. The Morgan fingerprint density at radius 2 is 1.48 bits per heavy atom. The lowest BCUT2D eigenvalue weighted by Crippen LogP contribution is -2.31. The Labute approximate surface area is 186 Å². The molecule has 0 saturated heterocycles. The van der Waals surface area contributed by atoms with Crippen molar-refractivity contribution in [2.45, 2.75) is 33.2 Å². The first-order valence-corrected chi connectivity index (χ1v) is 11.1. The summed E-state index contributed by atoms with van der Waals surface area (Å²) in [5.41, 5.74) is 4.84. The molecule has 1 heterocycles. The van der Waals surface area contributed by atoms with Gasteiger partial charge in [-0.3, -0.25) is 0 Å². The van der Waals surface area contributed by atoms with Crippen LogP contribution in [-0.2, 0) is 6.42 Å². The molecule has 0 saturated carbocycles. The molecule has 31 heavy (non-hydrogen) atoms. The maximum absolute atomic E-state index is 6.18. The van der Waals surface area contributed by atoms with Gasteiger partial charge in [-0.1, -0.05) is 13.8 Å². The molecule has 1 aliphatic rings. The minimum Gasteiger partial charge on any atom is -0.493 e. The predicted octanol–water partition coefficient (Wildman–Crippen LogP) is 3.98. The quantitative estimate of drug-likeness (QED) is 0.618. The predicted molar refractivity (Wildman–Crippen MR) is 124 cm³/mol. The third-order valence-electron chi connectivity index (χ3n) is 6.12. The minimum absolute atomic E-state index is 0.0552. The molecule has 1 N–H and O–H groups in total. The Bertz CT molecular complexity index is 880. The molecule has 6 heteroatoms. The van der Waals surface area contributed by atoms with Crippen molar-refractivity contribution in [1.82, 2.24) is 10.2 Å². The third kappa shape index (κ3) is 5.08. The molecule has 1 atom stereocenters. The number of nitrogens with one attached hydrogen (secondary N) is 1. The van der Waals surface area contributed by atoms with Crippen LogP contribution < -0.4 is 24.3 Å². The molecule has 2 aromatic rings. The van der Waals surface area contributed by atoms with E-state index in [1.807, 2.05) is 6.07 Å². The summed E-state index contributed by atoms with van der Waals surface area (Å²) in [5.74, 6) is 3.07. The fourth-order valence-electron chi connectivity index (χ4n) is 4.25. The second-order valence-electron chi connectivity index (χ2n) is 7.78. The summed E-state index contributed by atoms with van der Waals surface area (Å²) in [6, 6.07) is 8.44. The van der Waals surface area contributed by atoms with Gasteiger partial charge < -0.3 is 29.2 Å². The Hall–Kier alpha value is -2.44.